The smallest absolute Gasteiger partial charge is 0.401 e. The summed E-state index contributed by atoms with van der Waals surface area (Å²) >= 11 is 0. The van der Waals surface area contributed by atoms with Crippen molar-refractivity contribution in [3.63, 3.8) is 0 Å². The fourth-order valence-electron chi connectivity index (χ4n) is 3.60. The van der Waals surface area contributed by atoms with Crippen molar-refractivity contribution >= 4 is 29.9 Å². The summed E-state index contributed by atoms with van der Waals surface area (Å²) < 4.78 is 57.4. The lowest BCUT2D eigenvalue weighted by Gasteiger charge is -2.21. The van der Waals surface area contributed by atoms with E-state index in [9.17, 15) is 17.6 Å². The molecule has 1 saturated heterocycles. The Kier molecular flexibility index (Phi) is 9.66. The molecule has 31 heavy (non-hydrogen) atoms. The van der Waals surface area contributed by atoms with Crippen LogP contribution in [0.2, 0.25) is 0 Å². The Hall–Kier alpha value is -1.30. The van der Waals surface area contributed by atoms with Gasteiger partial charge in [-0.15, -0.1) is 24.0 Å². The Morgan fingerprint density at radius 1 is 1.26 bits per heavy atom. The van der Waals surface area contributed by atoms with E-state index in [1.807, 2.05) is 13.0 Å². The van der Waals surface area contributed by atoms with Crippen molar-refractivity contribution in [1.82, 2.24) is 15.5 Å². The van der Waals surface area contributed by atoms with Gasteiger partial charge in [0, 0.05) is 20.1 Å². The lowest BCUT2D eigenvalue weighted by molar-refractivity contribution is -0.143. The Morgan fingerprint density at radius 2 is 2.00 bits per heavy atom. The highest BCUT2D eigenvalue weighted by Crippen LogP contribution is 2.30. The zero-order valence-electron chi connectivity index (χ0n) is 17.8. The first-order chi connectivity index (χ1) is 14.2. The molecular formula is C21H31F4IN4O. The molecule has 2 aliphatic rings. The van der Waals surface area contributed by atoms with Gasteiger partial charge < -0.3 is 15.4 Å². The second kappa shape index (κ2) is 11.5. The van der Waals surface area contributed by atoms with Gasteiger partial charge >= 0.3 is 6.18 Å². The molecule has 2 fully saturated rings. The molecule has 1 heterocycles. The fourth-order valence-corrected chi connectivity index (χ4v) is 3.60. The molecule has 2 N–H and O–H groups in total. The fraction of sp³-hybridized carbons (Fsp3) is 0.667. The van der Waals surface area contributed by atoms with E-state index in [2.05, 4.69) is 15.6 Å². The van der Waals surface area contributed by atoms with E-state index in [1.54, 1.807) is 13.1 Å². The summed E-state index contributed by atoms with van der Waals surface area (Å²) in [5, 5.41) is 6.37. The number of nitrogens with zero attached hydrogens (tertiary/aromatic N) is 2. The molecule has 176 valence electrons. The van der Waals surface area contributed by atoms with E-state index in [1.165, 1.54) is 11.0 Å². The quantitative estimate of drug-likeness (QED) is 0.216. The summed E-state index contributed by atoms with van der Waals surface area (Å²) in [6, 6.07) is 4.73. The summed E-state index contributed by atoms with van der Waals surface area (Å²) in [7, 11) is 1.63. The number of alkyl halides is 3. The third-order valence-corrected chi connectivity index (χ3v) is 5.54. The van der Waals surface area contributed by atoms with Crippen LogP contribution in [0.1, 0.15) is 37.8 Å². The zero-order chi connectivity index (χ0) is 21.7. The Labute approximate surface area is 198 Å². The summed E-state index contributed by atoms with van der Waals surface area (Å²) in [5.74, 6) is 1.10. The first-order valence-electron chi connectivity index (χ1n) is 10.4. The third kappa shape index (κ3) is 8.63. The molecular weight excluding hydrogens is 527 g/mol. The van der Waals surface area contributed by atoms with Gasteiger partial charge in [0.15, 0.2) is 17.5 Å². The van der Waals surface area contributed by atoms with Gasteiger partial charge in [-0.2, -0.15) is 13.2 Å². The van der Waals surface area contributed by atoms with E-state index in [0.717, 1.165) is 18.4 Å². The van der Waals surface area contributed by atoms with Crippen molar-refractivity contribution in [1.29, 1.82) is 0 Å². The van der Waals surface area contributed by atoms with Gasteiger partial charge in [-0.05, 0) is 62.3 Å². The zero-order valence-corrected chi connectivity index (χ0v) is 20.2. The van der Waals surface area contributed by atoms with Crippen LogP contribution in [-0.4, -0.2) is 56.9 Å². The minimum Gasteiger partial charge on any atom is -0.490 e. The maximum absolute atomic E-state index is 14.3. The number of benzene rings is 1. The second-order valence-corrected chi connectivity index (χ2v) is 8.27. The normalized spacial score (nSPS) is 20.8. The lowest BCUT2D eigenvalue weighted by Crippen LogP contribution is -2.41. The number of rotatable bonds is 8. The third-order valence-electron chi connectivity index (χ3n) is 5.54. The molecule has 1 aliphatic heterocycles. The minimum atomic E-state index is -4.16. The summed E-state index contributed by atoms with van der Waals surface area (Å²) in [6.45, 7) is 2.98. The van der Waals surface area contributed by atoms with Gasteiger partial charge in [-0.1, -0.05) is 6.07 Å². The summed E-state index contributed by atoms with van der Waals surface area (Å²) in [4.78, 5) is 5.60. The highest BCUT2D eigenvalue weighted by Gasteiger charge is 2.34. The molecule has 2 unspecified atom stereocenters. The molecule has 0 amide bonds. The van der Waals surface area contributed by atoms with Gasteiger partial charge in [-0.3, -0.25) is 9.89 Å². The van der Waals surface area contributed by atoms with Gasteiger partial charge in [-0.25, -0.2) is 4.39 Å². The van der Waals surface area contributed by atoms with Gasteiger partial charge in [0.1, 0.15) is 0 Å². The summed E-state index contributed by atoms with van der Waals surface area (Å²) in [6.07, 6.45) is -1.16. The molecule has 1 aliphatic carbocycles. The van der Waals surface area contributed by atoms with Crippen molar-refractivity contribution in [3.05, 3.63) is 29.6 Å². The van der Waals surface area contributed by atoms with Crippen molar-refractivity contribution in [2.75, 3.05) is 39.8 Å². The molecule has 1 saturated carbocycles. The van der Waals surface area contributed by atoms with Crippen LogP contribution in [0.25, 0.3) is 0 Å². The molecule has 2 atom stereocenters. The van der Waals surface area contributed by atoms with E-state index in [0.29, 0.717) is 44.5 Å². The Balaban J connectivity index is 0.00000341. The van der Waals surface area contributed by atoms with Crippen molar-refractivity contribution in [2.24, 2.45) is 16.8 Å². The monoisotopic (exact) mass is 558 g/mol. The predicted molar refractivity (Wildman–Crippen MR) is 124 cm³/mol. The number of aliphatic imine (C=N–C) groups is 1. The molecule has 5 nitrogen and oxygen atoms in total. The maximum Gasteiger partial charge on any atom is 0.401 e. The van der Waals surface area contributed by atoms with E-state index in [4.69, 9.17) is 4.74 Å². The second-order valence-electron chi connectivity index (χ2n) is 8.27. The van der Waals surface area contributed by atoms with Crippen LogP contribution in [0.15, 0.2) is 23.2 Å². The molecule has 3 rings (SSSR count). The number of halogens is 5. The largest absolute Gasteiger partial charge is 0.490 e. The first-order valence-corrected chi connectivity index (χ1v) is 10.4. The standard InChI is InChI=1S/C21H30F4N4O.HI/c1-14(17-5-6-19(18(22)9-17)30-12-15-3-4-15)28-20(26-2)27-10-16-7-8-29(11-16)13-21(23,24)25;/h5-6,9,14-16H,3-4,7-8,10-13H2,1-2H3,(H2,26,27,28);1H. The highest BCUT2D eigenvalue weighted by atomic mass is 127. The van der Waals surface area contributed by atoms with E-state index < -0.39 is 12.7 Å². The molecule has 0 bridgehead atoms. The average molecular weight is 558 g/mol. The van der Waals surface area contributed by atoms with Crippen LogP contribution in [-0.2, 0) is 0 Å². The van der Waals surface area contributed by atoms with Gasteiger partial charge in [0.05, 0.1) is 19.2 Å². The number of hydrogen-bond donors (Lipinski definition) is 2. The maximum atomic E-state index is 14.3. The van der Waals surface area contributed by atoms with Crippen LogP contribution in [0.4, 0.5) is 17.6 Å². The lowest BCUT2D eigenvalue weighted by atomic mass is 10.1. The van der Waals surface area contributed by atoms with Crippen LogP contribution in [0.5, 0.6) is 5.75 Å². The number of guanidine groups is 1. The molecule has 10 heteroatoms. The number of hydrogen-bond acceptors (Lipinski definition) is 3. The van der Waals surface area contributed by atoms with Crippen molar-refractivity contribution in [2.45, 2.75) is 38.4 Å². The Morgan fingerprint density at radius 3 is 2.61 bits per heavy atom. The molecule has 1 aromatic rings. The van der Waals surface area contributed by atoms with Crippen molar-refractivity contribution in [3.8, 4) is 5.75 Å². The number of ether oxygens (including phenoxy) is 1. The van der Waals surface area contributed by atoms with Gasteiger partial charge in [0.2, 0.25) is 0 Å². The topological polar surface area (TPSA) is 48.9 Å². The average Bonchev–Trinajstić information content (AvgIpc) is 3.41. The van der Waals surface area contributed by atoms with Crippen LogP contribution in [0.3, 0.4) is 0 Å². The summed E-state index contributed by atoms with van der Waals surface area (Å²) in [5.41, 5.74) is 0.756. The first kappa shape index (κ1) is 26.0. The molecule has 0 aromatic heterocycles. The molecule has 1 aromatic carbocycles. The Bertz CT molecular complexity index is 743. The van der Waals surface area contributed by atoms with E-state index >= 15 is 0 Å². The molecule has 0 spiro atoms. The number of likely N-dealkylation sites (tertiary alicyclic amines) is 1. The van der Waals surface area contributed by atoms with Gasteiger partial charge in [0.25, 0.3) is 0 Å². The van der Waals surface area contributed by atoms with Crippen molar-refractivity contribution < 1.29 is 22.3 Å². The highest BCUT2D eigenvalue weighted by molar-refractivity contribution is 14.0. The van der Waals surface area contributed by atoms with E-state index in [-0.39, 0.29) is 47.5 Å². The molecule has 0 radical (unpaired) electrons. The minimum absolute atomic E-state index is 0. The van der Waals surface area contributed by atoms with Crippen LogP contribution >= 0.6 is 24.0 Å². The van der Waals surface area contributed by atoms with Crippen LogP contribution < -0.4 is 15.4 Å². The SMILES string of the molecule is CN=C(NCC1CCN(CC(F)(F)F)C1)NC(C)c1ccc(OCC2CC2)c(F)c1.I. The number of nitrogens with one attached hydrogen (secondary N) is 2. The predicted octanol–water partition coefficient (Wildman–Crippen LogP) is 4.34. The van der Waals surface area contributed by atoms with Crippen LogP contribution in [0, 0.1) is 17.7 Å².